The van der Waals surface area contributed by atoms with Crippen molar-refractivity contribution in [2.24, 2.45) is 11.8 Å². The third-order valence-electron chi connectivity index (χ3n) is 4.85. The summed E-state index contributed by atoms with van der Waals surface area (Å²) in [5.41, 5.74) is 1.09. The molecule has 8 heteroatoms. The topological polar surface area (TPSA) is 80.5 Å². The van der Waals surface area contributed by atoms with Crippen LogP contribution in [0, 0.1) is 11.8 Å². The Bertz CT molecular complexity index is 936. The summed E-state index contributed by atoms with van der Waals surface area (Å²) in [6.07, 6.45) is 9.92. The van der Waals surface area contributed by atoms with Crippen LogP contribution in [0.2, 0.25) is 0 Å². The zero-order valence-electron chi connectivity index (χ0n) is 16.7. The van der Waals surface area contributed by atoms with Crippen molar-refractivity contribution in [2.75, 3.05) is 27.2 Å². The molecule has 0 aliphatic heterocycles. The van der Waals surface area contributed by atoms with Crippen molar-refractivity contribution in [3.05, 3.63) is 58.9 Å². The molecule has 2 heterocycles. The van der Waals surface area contributed by atoms with Gasteiger partial charge in [-0.2, -0.15) is 9.78 Å². The molecule has 1 aliphatic rings. The van der Waals surface area contributed by atoms with E-state index in [0.717, 1.165) is 23.6 Å². The molecule has 0 spiro atoms. The van der Waals surface area contributed by atoms with Gasteiger partial charge in [-0.1, -0.05) is 30.7 Å². The largest absolute Gasteiger partial charge is 0.478 e. The van der Waals surface area contributed by atoms with Crippen LogP contribution in [0.3, 0.4) is 0 Å². The van der Waals surface area contributed by atoms with Crippen LogP contribution in [-0.4, -0.2) is 58.0 Å². The van der Waals surface area contributed by atoms with Crippen LogP contribution in [-0.2, 0) is 6.42 Å². The lowest BCUT2D eigenvalue weighted by Gasteiger charge is -2.22. The van der Waals surface area contributed by atoms with Gasteiger partial charge in [0.15, 0.2) is 5.82 Å². The quantitative estimate of drug-likeness (QED) is 0.710. The molecule has 0 fully saturated rings. The summed E-state index contributed by atoms with van der Waals surface area (Å²) >= 11 is 6.08. The summed E-state index contributed by atoms with van der Waals surface area (Å²) in [6.45, 7) is 3.39. The third kappa shape index (κ3) is 5.25. The molecule has 0 saturated carbocycles. The van der Waals surface area contributed by atoms with Gasteiger partial charge in [-0.15, -0.1) is 0 Å². The van der Waals surface area contributed by atoms with Crippen LogP contribution in [0.5, 0.6) is 5.88 Å². The lowest BCUT2D eigenvalue weighted by molar-refractivity contribution is 0.0696. The maximum absolute atomic E-state index is 11.3. The average Bonchev–Trinajstić information content (AvgIpc) is 3.08. The first-order chi connectivity index (χ1) is 13.8. The molecular formula is C21H25ClN4O3. The fraction of sp³-hybridized carbons (Fsp3) is 0.381. The van der Waals surface area contributed by atoms with E-state index in [-0.39, 0.29) is 17.4 Å². The van der Waals surface area contributed by atoms with Crippen molar-refractivity contribution in [3.8, 4) is 11.7 Å². The van der Waals surface area contributed by atoms with Crippen molar-refractivity contribution in [2.45, 2.75) is 13.3 Å². The first-order valence-corrected chi connectivity index (χ1v) is 9.82. The molecule has 0 amide bonds. The Morgan fingerprint density at radius 1 is 1.41 bits per heavy atom. The van der Waals surface area contributed by atoms with Crippen molar-refractivity contribution in [3.63, 3.8) is 0 Å². The second kappa shape index (κ2) is 9.24. The number of nitrogens with zero attached hydrogens (tertiary/aromatic N) is 4. The van der Waals surface area contributed by atoms with E-state index in [2.05, 4.69) is 28.0 Å². The number of halogens is 1. The van der Waals surface area contributed by atoms with Crippen molar-refractivity contribution in [1.82, 2.24) is 19.7 Å². The van der Waals surface area contributed by atoms with Crippen LogP contribution in [0.4, 0.5) is 0 Å². The lowest BCUT2D eigenvalue weighted by Crippen LogP contribution is -2.20. The summed E-state index contributed by atoms with van der Waals surface area (Å²) in [5, 5.41) is 14.4. The van der Waals surface area contributed by atoms with E-state index in [1.807, 2.05) is 26.2 Å². The van der Waals surface area contributed by atoms with Crippen molar-refractivity contribution >= 4 is 17.6 Å². The molecule has 29 heavy (non-hydrogen) atoms. The number of likely N-dealkylation sites (N-methyl/N-ethyl adjacent to an activating group) is 1. The first kappa shape index (κ1) is 21.1. The second-order valence-corrected chi connectivity index (χ2v) is 7.83. The minimum atomic E-state index is -1.01. The number of hydrogen-bond donors (Lipinski definition) is 1. The number of allylic oxidation sites excluding steroid dienone is 3. The van der Waals surface area contributed by atoms with Gasteiger partial charge in [0.05, 0.1) is 18.4 Å². The Morgan fingerprint density at radius 3 is 2.90 bits per heavy atom. The highest BCUT2D eigenvalue weighted by molar-refractivity contribution is 6.31. The molecule has 7 nitrogen and oxygen atoms in total. The van der Waals surface area contributed by atoms with E-state index in [9.17, 15) is 9.90 Å². The molecule has 1 aliphatic carbocycles. The molecule has 154 valence electrons. The fourth-order valence-electron chi connectivity index (χ4n) is 3.07. The zero-order valence-corrected chi connectivity index (χ0v) is 17.5. The molecule has 1 N–H and O–H groups in total. The predicted octanol–water partition coefficient (Wildman–Crippen LogP) is 3.39. The van der Waals surface area contributed by atoms with Crippen LogP contribution in [0.1, 0.15) is 22.8 Å². The van der Waals surface area contributed by atoms with Gasteiger partial charge >= 0.3 is 5.97 Å². The first-order valence-electron chi connectivity index (χ1n) is 9.45. The number of carbonyl (C=O) groups is 1. The fourth-order valence-corrected chi connectivity index (χ4v) is 3.35. The molecule has 2 aromatic rings. The summed E-state index contributed by atoms with van der Waals surface area (Å²) in [4.78, 5) is 17.7. The van der Waals surface area contributed by atoms with E-state index in [0.29, 0.717) is 18.3 Å². The Hall–Kier alpha value is -2.64. The number of aromatic carboxylic acids is 1. The van der Waals surface area contributed by atoms with E-state index in [1.165, 1.54) is 18.3 Å². The molecule has 0 radical (unpaired) electrons. The van der Waals surface area contributed by atoms with Gasteiger partial charge in [0, 0.05) is 29.3 Å². The normalized spacial score (nSPS) is 18.7. The van der Waals surface area contributed by atoms with Gasteiger partial charge in [0.2, 0.25) is 5.88 Å². The van der Waals surface area contributed by atoms with Crippen molar-refractivity contribution in [1.29, 1.82) is 0 Å². The van der Waals surface area contributed by atoms with Gasteiger partial charge in [-0.05, 0) is 44.6 Å². The maximum atomic E-state index is 11.3. The highest BCUT2D eigenvalue weighted by Gasteiger charge is 2.21. The summed E-state index contributed by atoms with van der Waals surface area (Å²) < 4.78 is 7.78. The minimum absolute atomic E-state index is 0.148. The smallest absolute Gasteiger partial charge is 0.335 e. The molecule has 0 bridgehead atoms. The van der Waals surface area contributed by atoms with Gasteiger partial charge in [0.25, 0.3) is 0 Å². The zero-order chi connectivity index (χ0) is 21.0. The maximum Gasteiger partial charge on any atom is 0.335 e. The lowest BCUT2D eigenvalue weighted by atomic mass is 9.91. The predicted molar refractivity (Wildman–Crippen MR) is 112 cm³/mol. The van der Waals surface area contributed by atoms with E-state index in [4.69, 9.17) is 16.3 Å². The highest BCUT2D eigenvalue weighted by atomic mass is 35.5. The van der Waals surface area contributed by atoms with Gasteiger partial charge in [0.1, 0.15) is 0 Å². The van der Waals surface area contributed by atoms with E-state index >= 15 is 0 Å². The van der Waals surface area contributed by atoms with Crippen LogP contribution < -0.4 is 4.74 Å². The average molecular weight is 417 g/mol. The molecule has 2 aromatic heterocycles. The Morgan fingerprint density at radius 2 is 2.21 bits per heavy atom. The number of carboxylic acids is 1. The minimum Gasteiger partial charge on any atom is -0.478 e. The Balaban J connectivity index is 1.88. The van der Waals surface area contributed by atoms with Gasteiger partial charge in [-0.25, -0.2) is 9.78 Å². The van der Waals surface area contributed by atoms with Gasteiger partial charge < -0.3 is 14.7 Å². The second-order valence-electron chi connectivity index (χ2n) is 7.39. The summed E-state index contributed by atoms with van der Waals surface area (Å²) in [7, 11) is 4.01. The van der Waals surface area contributed by atoms with E-state index in [1.54, 1.807) is 10.9 Å². The highest BCUT2D eigenvalue weighted by Crippen LogP contribution is 2.28. The molecule has 0 saturated heterocycles. The monoisotopic (exact) mass is 416 g/mol. The molecule has 3 rings (SSSR count). The molecule has 2 atom stereocenters. The summed E-state index contributed by atoms with van der Waals surface area (Å²) in [6, 6.07) is 2.94. The SMILES string of the molecule is CC1C=C(Cl)C=CC1COc1c(CCN(C)C)cnn1-c1cc(C(=O)O)ccn1. The standard InChI is InChI=1S/C21H25ClN4O3/c1-14-10-18(22)5-4-17(14)13-29-20-16(7-9-25(2)3)12-24-26(20)19-11-15(21(27)28)6-8-23-19/h4-6,8,10-12,14,17H,7,9,13H2,1-3H3,(H,27,28). The Labute approximate surface area is 175 Å². The summed E-state index contributed by atoms with van der Waals surface area (Å²) in [5.74, 6) is 0.415. The number of aromatic nitrogens is 3. The number of pyridine rings is 1. The molecule has 2 unspecified atom stereocenters. The molecular weight excluding hydrogens is 392 g/mol. The number of carboxylic acid groups (broad SMARTS) is 1. The van der Waals surface area contributed by atoms with Crippen LogP contribution in [0.15, 0.2) is 47.8 Å². The molecule has 0 aromatic carbocycles. The van der Waals surface area contributed by atoms with E-state index < -0.39 is 5.97 Å². The van der Waals surface area contributed by atoms with Crippen LogP contribution in [0.25, 0.3) is 5.82 Å². The number of ether oxygens (including phenoxy) is 1. The number of hydrogen-bond acceptors (Lipinski definition) is 5. The van der Waals surface area contributed by atoms with Gasteiger partial charge in [-0.3, -0.25) is 0 Å². The third-order valence-corrected chi connectivity index (χ3v) is 5.10. The number of rotatable bonds is 8. The van der Waals surface area contributed by atoms with Crippen molar-refractivity contribution < 1.29 is 14.6 Å². The van der Waals surface area contributed by atoms with Crippen LogP contribution >= 0.6 is 11.6 Å². The Kier molecular flexibility index (Phi) is 6.71.